The van der Waals surface area contributed by atoms with E-state index < -0.39 is 0 Å². The minimum absolute atomic E-state index is 0.153. The van der Waals surface area contributed by atoms with Gasteiger partial charge in [0, 0.05) is 17.2 Å². The van der Waals surface area contributed by atoms with Crippen molar-refractivity contribution < 1.29 is 9.21 Å². The van der Waals surface area contributed by atoms with Gasteiger partial charge in [-0.2, -0.15) is 0 Å². The van der Waals surface area contributed by atoms with Crippen LogP contribution < -0.4 is 5.32 Å². The van der Waals surface area contributed by atoms with Crippen LogP contribution in [0.4, 0.5) is 5.82 Å². The number of rotatable bonds is 6. The molecule has 0 aliphatic heterocycles. The molecule has 0 saturated carbocycles. The Labute approximate surface area is 151 Å². The van der Waals surface area contributed by atoms with E-state index in [1.807, 2.05) is 23.6 Å². The molecule has 0 unspecified atom stereocenters. The molecule has 0 aliphatic carbocycles. The van der Waals surface area contributed by atoms with Gasteiger partial charge in [-0.05, 0) is 47.1 Å². The second-order valence-electron chi connectivity index (χ2n) is 4.73. The molecule has 124 valence electrons. The van der Waals surface area contributed by atoms with Crippen LogP contribution in [-0.2, 0) is 11.3 Å². The molecule has 3 rings (SSSR count). The molecule has 3 aromatic heterocycles. The average Bonchev–Trinajstić information content (AvgIpc) is 3.23. The number of aromatic nitrogens is 4. The molecule has 0 saturated heterocycles. The first-order valence-electron chi connectivity index (χ1n) is 7.18. The van der Waals surface area contributed by atoms with Crippen LogP contribution in [0.15, 0.2) is 50.8 Å². The molecule has 0 bridgehead atoms. The molecule has 1 amide bonds. The molecule has 0 fully saturated rings. The van der Waals surface area contributed by atoms with Crippen molar-refractivity contribution in [3.8, 4) is 11.6 Å². The van der Waals surface area contributed by atoms with E-state index in [1.165, 1.54) is 11.8 Å². The normalized spacial score (nSPS) is 10.8. The number of furan rings is 1. The summed E-state index contributed by atoms with van der Waals surface area (Å²) in [6.45, 7) is 2.67. The quantitative estimate of drug-likeness (QED) is 0.629. The van der Waals surface area contributed by atoms with Gasteiger partial charge in [0.2, 0.25) is 5.91 Å². The van der Waals surface area contributed by atoms with Crippen molar-refractivity contribution in [3.63, 3.8) is 0 Å². The molecule has 9 heteroatoms. The molecule has 7 nitrogen and oxygen atoms in total. The maximum atomic E-state index is 12.0. The Morgan fingerprint density at radius 1 is 1.38 bits per heavy atom. The third-order valence-corrected chi connectivity index (χ3v) is 4.54. The fourth-order valence-electron chi connectivity index (χ4n) is 2.03. The number of nitrogens with one attached hydrogen (secondary N) is 1. The van der Waals surface area contributed by atoms with Crippen LogP contribution in [-0.4, -0.2) is 31.4 Å². The maximum Gasteiger partial charge on any atom is 0.236 e. The van der Waals surface area contributed by atoms with Crippen LogP contribution in [0.2, 0.25) is 0 Å². The summed E-state index contributed by atoms with van der Waals surface area (Å²) >= 11 is 4.62. The number of hydrogen-bond donors (Lipinski definition) is 1. The predicted molar refractivity (Wildman–Crippen MR) is 94.7 cm³/mol. The Hall–Kier alpha value is -2.13. The van der Waals surface area contributed by atoms with Crippen LogP contribution in [0.5, 0.6) is 0 Å². The van der Waals surface area contributed by atoms with E-state index in [2.05, 4.69) is 36.4 Å². The SMILES string of the molecule is CCn1c(SCC(=O)Nc2ccc(Br)cn2)nnc1-c1ccco1. The summed E-state index contributed by atoms with van der Waals surface area (Å²) in [5.41, 5.74) is 0. The molecule has 0 aliphatic rings. The van der Waals surface area contributed by atoms with Crippen LogP contribution in [0.1, 0.15) is 6.92 Å². The molecule has 0 atom stereocenters. The molecule has 0 radical (unpaired) electrons. The highest BCUT2D eigenvalue weighted by atomic mass is 79.9. The summed E-state index contributed by atoms with van der Waals surface area (Å²) in [5.74, 6) is 1.88. The third-order valence-electron chi connectivity index (χ3n) is 3.10. The molecule has 24 heavy (non-hydrogen) atoms. The van der Waals surface area contributed by atoms with E-state index in [9.17, 15) is 4.79 Å². The van der Waals surface area contributed by atoms with E-state index >= 15 is 0 Å². The van der Waals surface area contributed by atoms with Crippen LogP contribution in [0.25, 0.3) is 11.6 Å². The van der Waals surface area contributed by atoms with E-state index in [4.69, 9.17) is 4.42 Å². The van der Waals surface area contributed by atoms with Crippen LogP contribution >= 0.6 is 27.7 Å². The van der Waals surface area contributed by atoms with E-state index in [1.54, 1.807) is 24.6 Å². The van der Waals surface area contributed by atoms with Crippen molar-refractivity contribution in [1.82, 2.24) is 19.7 Å². The summed E-state index contributed by atoms with van der Waals surface area (Å²) in [5, 5.41) is 11.7. The Bertz CT molecular complexity index is 817. The summed E-state index contributed by atoms with van der Waals surface area (Å²) in [7, 11) is 0. The predicted octanol–water partition coefficient (Wildman–Crippen LogP) is 3.45. The van der Waals surface area contributed by atoms with Crippen LogP contribution in [0, 0.1) is 0 Å². The molecule has 0 aromatic carbocycles. The minimum atomic E-state index is -0.153. The van der Waals surface area contributed by atoms with Crippen molar-refractivity contribution in [2.24, 2.45) is 0 Å². The number of amides is 1. The number of carbonyl (C=O) groups is 1. The lowest BCUT2D eigenvalue weighted by molar-refractivity contribution is -0.113. The smallest absolute Gasteiger partial charge is 0.236 e. The molecule has 0 spiro atoms. The average molecular weight is 408 g/mol. The molecular weight excluding hydrogens is 394 g/mol. The molecule has 1 N–H and O–H groups in total. The highest BCUT2D eigenvalue weighted by Crippen LogP contribution is 2.24. The highest BCUT2D eigenvalue weighted by Gasteiger charge is 2.16. The number of pyridine rings is 1. The second kappa shape index (κ2) is 7.63. The van der Waals surface area contributed by atoms with E-state index in [0.717, 1.165) is 4.47 Å². The molecule has 3 aromatic rings. The van der Waals surface area contributed by atoms with Crippen molar-refractivity contribution in [2.45, 2.75) is 18.6 Å². The van der Waals surface area contributed by atoms with E-state index in [0.29, 0.717) is 29.1 Å². The highest BCUT2D eigenvalue weighted by molar-refractivity contribution is 9.10. The number of halogens is 1. The zero-order valence-electron chi connectivity index (χ0n) is 12.8. The van der Waals surface area contributed by atoms with Gasteiger partial charge in [-0.1, -0.05) is 11.8 Å². The van der Waals surface area contributed by atoms with Gasteiger partial charge in [0.25, 0.3) is 0 Å². The van der Waals surface area contributed by atoms with Crippen molar-refractivity contribution in [2.75, 3.05) is 11.1 Å². The number of thioether (sulfide) groups is 1. The largest absolute Gasteiger partial charge is 0.461 e. The van der Waals surface area contributed by atoms with Gasteiger partial charge in [0.1, 0.15) is 5.82 Å². The van der Waals surface area contributed by atoms with Crippen LogP contribution in [0.3, 0.4) is 0 Å². The first kappa shape index (κ1) is 16.7. The first-order valence-corrected chi connectivity index (χ1v) is 8.96. The Balaban J connectivity index is 1.64. The van der Waals surface area contributed by atoms with Gasteiger partial charge >= 0.3 is 0 Å². The minimum Gasteiger partial charge on any atom is -0.461 e. The van der Waals surface area contributed by atoms with Gasteiger partial charge in [-0.25, -0.2) is 4.98 Å². The zero-order valence-corrected chi connectivity index (χ0v) is 15.2. The number of hydrogen-bond acceptors (Lipinski definition) is 6. The van der Waals surface area contributed by atoms with Gasteiger partial charge in [0.05, 0.1) is 12.0 Å². The van der Waals surface area contributed by atoms with Crippen molar-refractivity contribution in [3.05, 3.63) is 41.2 Å². The fourth-order valence-corrected chi connectivity index (χ4v) is 3.06. The third kappa shape index (κ3) is 3.85. The lowest BCUT2D eigenvalue weighted by atomic mass is 10.4. The van der Waals surface area contributed by atoms with E-state index in [-0.39, 0.29) is 11.7 Å². The lowest BCUT2D eigenvalue weighted by Gasteiger charge is -2.06. The van der Waals surface area contributed by atoms with Gasteiger partial charge in [-0.3, -0.25) is 9.36 Å². The fraction of sp³-hybridized carbons (Fsp3) is 0.200. The first-order chi connectivity index (χ1) is 11.7. The van der Waals surface area contributed by atoms with Gasteiger partial charge < -0.3 is 9.73 Å². The topological polar surface area (TPSA) is 85.8 Å². The van der Waals surface area contributed by atoms with Gasteiger partial charge in [0.15, 0.2) is 16.7 Å². The Kier molecular flexibility index (Phi) is 5.31. The monoisotopic (exact) mass is 407 g/mol. The lowest BCUT2D eigenvalue weighted by Crippen LogP contribution is -2.15. The Morgan fingerprint density at radius 3 is 2.92 bits per heavy atom. The van der Waals surface area contributed by atoms with Gasteiger partial charge in [-0.15, -0.1) is 10.2 Å². The number of carbonyl (C=O) groups excluding carboxylic acids is 1. The zero-order chi connectivity index (χ0) is 16.9. The summed E-state index contributed by atoms with van der Waals surface area (Å²) in [4.78, 5) is 16.2. The number of nitrogens with zero attached hydrogens (tertiary/aromatic N) is 4. The standard InChI is InChI=1S/C15H14BrN5O2S/c1-2-21-14(11-4-3-7-23-11)19-20-15(21)24-9-13(22)18-12-6-5-10(16)8-17-12/h3-8H,2,9H2,1H3,(H,17,18,22). The molecule has 3 heterocycles. The van der Waals surface area contributed by atoms with Crippen molar-refractivity contribution >= 4 is 39.4 Å². The van der Waals surface area contributed by atoms with Crippen molar-refractivity contribution in [1.29, 1.82) is 0 Å². The maximum absolute atomic E-state index is 12.0. The summed E-state index contributed by atoms with van der Waals surface area (Å²) in [6, 6.07) is 7.18. The number of anilines is 1. The Morgan fingerprint density at radius 2 is 2.25 bits per heavy atom. The summed E-state index contributed by atoms with van der Waals surface area (Å²) < 4.78 is 8.13. The second-order valence-corrected chi connectivity index (χ2v) is 6.58. The molecular formula is C15H14BrN5O2S. The summed E-state index contributed by atoms with van der Waals surface area (Å²) in [6.07, 6.45) is 3.22.